The number of amides is 1. The van der Waals surface area contributed by atoms with E-state index in [-0.39, 0.29) is 4.90 Å². The Labute approximate surface area is 234 Å². The normalized spacial score (nSPS) is 13.5. The summed E-state index contributed by atoms with van der Waals surface area (Å²) in [5.74, 6) is -0.640. The maximum Gasteiger partial charge on any atom is 0.341 e. The van der Waals surface area contributed by atoms with Crippen LogP contribution in [0.25, 0.3) is 0 Å². The Morgan fingerprint density at radius 1 is 1.16 bits per heavy atom. The van der Waals surface area contributed by atoms with Crippen molar-refractivity contribution in [2.24, 2.45) is 0 Å². The first-order chi connectivity index (χ1) is 18.0. The molecule has 1 amide bonds. The van der Waals surface area contributed by atoms with Crippen LogP contribution in [0.2, 0.25) is 0 Å². The molecule has 0 spiro atoms. The highest BCUT2D eigenvalue weighted by molar-refractivity contribution is 9.10. The summed E-state index contributed by atoms with van der Waals surface area (Å²) in [6.07, 6.45) is 0.652. The molecule has 0 unspecified atom stereocenters. The molecule has 0 aliphatic carbocycles. The molecule has 1 aliphatic heterocycles. The van der Waals surface area contributed by atoms with Crippen molar-refractivity contribution in [3.63, 3.8) is 0 Å². The van der Waals surface area contributed by atoms with Gasteiger partial charge in [0.1, 0.15) is 17.3 Å². The van der Waals surface area contributed by atoms with E-state index in [9.17, 15) is 18.0 Å². The van der Waals surface area contributed by atoms with Gasteiger partial charge in [-0.05, 0) is 72.2 Å². The Hall–Kier alpha value is -2.93. The number of carbonyl (C=O) groups is 2. The molecular formula is C26H28BrN3O6S2. The third kappa shape index (κ3) is 5.73. The fraction of sp³-hybridized carbons (Fsp3) is 0.308. The maximum atomic E-state index is 13.8. The van der Waals surface area contributed by atoms with E-state index in [0.29, 0.717) is 39.4 Å². The Balaban J connectivity index is 1.69. The van der Waals surface area contributed by atoms with Crippen LogP contribution < -0.4 is 14.4 Å². The average molecular weight is 623 g/mol. The van der Waals surface area contributed by atoms with Crippen LogP contribution in [0.4, 0.5) is 10.7 Å². The summed E-state index contributed by atoms with van der Waals surface area (Å²) < 4.78 is 39.3. The van der Waals surface area contributed by atoms with Gasteiger partial charge in [0.05, 0.1) is 34.8 Å². The van der Waals surface area contributed by atoms with E-state index in [1.807, 2.05) is 14.0 Å². The number of rotatable bonds is 8. The number of nitrogens with one attached hydrogen (secondary N) is 1. The van der Waals surface area contributed by atoms with Crippen molar-refractivity contribution in [3.8, 4) is 5.75 Å². The molecule has 0 radical (unpaired) electrons. The van der Waals surface area contributed by atoms with Crippen molar-refractivity contribution >= 4 is 59.9 Å². The third-order valence-electron chi connectivity index (χ3n) is 6.21. The number of esters is 1. The number of ether oxygens (including phenoxy) is 2. The molecule has 4 rings (SSSR count). The zero-order valence-corrected chi connectivity index (χ0v) is 24.6. The molecule has 1 aromatic heterocycles. The quantitative estimate of drug-likeness (QED) is 0.371. The number of methoxy groups -OCH3 is 2. The van der Waals surface area contributed by atoms with Gasteiger partial charge in [0.25, 0.3) is 10.0 Å². The van der Waals surface area contributed by atoms with E-state index >= 15 is 0 Å². The molecule has 2 heterocycles. The van der Waals surface area contributed by atoms with Gasteiger partial charge in [-0.2, -0.15) is 0 Å². The minimum absolute atomic E-state index is 0.0107. The smallest absolute Gasteiger partial charge is 0.341 e. The van der Waals surface area contributed by atoms with Gasteiger partial charge < -0.3 is 19.7 Å². The highest BCUT2D eigenvalue weighted by Gasteiger charge is 2.31. The molecule has 3 aromatic rings. The molecule has 0 saturated carbocycles. The molecule has 38 heavy (non-hydrogen) atoms. The second-order valence-electron chi connectivity index (χ2n) is 8.88. The highest BCUT2D eigenvalue weighted by Crippen LogP contribution is 2.37. The van der Waals surface area contributed by atoms with Crippen molar-refractivity contribution in [1.82, 2.24) is 4.90 Å². The van der Waals surface area contributed by atoms with E-state index in [1.54, 1.807) is 30.3 Å². The molecule has 0 saturated heterocycles. The SMILES string of the molecule is COC(=O)c1c(NC(=O)CN(c2ccc(C)cc2)S(=O)(=O)c2ccc(OC)c(Br)c2)sc2c1CCN(C)C2. The van der Waals surface area contributed by atoms with Crippen LogP contribution in [0.15, 0.2) is 51.8 Å². The van der Waals surface area contributed by atoms with Crippen molar-refractivity contribution in [2.75, 3.05) is 44.0 Å². The number of aryl methyl sites for hydroxylation is 1. The number of thiophene rings is 1. The van der Waals surface area contributed by atoms with E-state index in [2.05, 4.69) is 26.1 Å². The molecule has 12 heteroatoms. The fourth-order valence-corrected chi connectivity index (χ4v) is 7.67. The summed E-state index contributed by atoms with van der Waals surface area (Å²) in [5, 5.41) is 3.14. The van der Waals surface area contributed by atoms with Crippen LogP contribution in [0.1, 0.15) is 26.4 Å². The van der Waals surface area contributed by atoms with Gasteiger partial charge in [0.2, 0.25) is 5.91 Å². The molecule has 1 N–H and O–H groups in total. The number of hydrogen-bond acceptors (Lipinski definition) is 8. The molecule has 0 bridgehead atoms. The van der Waals surface area contributed by atoms with Crippen LogP contribution in [-0.2, 0) is 32.5 Å². The van der Waals surface area contributed by atoms with E-state index in [4.69, 9.17) is 9.47 Å². The van der Waals surface area contributed by atoms with Crippen molar-refractivity contribution in [1.29, 1.82) is 0 Å². The lowest BCUT2D eigenvalue weighted by Crippen LogP contribution is -2.38. The summed E-state index contributed by atoms with van der Waals surface area (Å²) in [6.45, 7) is 2.81. The van der Waals surface area contributed by atoms with Crippen LogP contribution >= 0.6 is 27.3 Å². The Morgan fingerprint density at radius 2 is 1.87 bits per heavy atom. The standard InChI is InChI=1S/C26H28BrN3O6S2/c1-16-5-7-17(8-6-16)30(38(33,34)18-9-10-21(35-3)20(27)13-18)15-23(31)28-25-24(26(32)36-4)19-11-12-29(2)14-22(19)37-25/h5-10,13H,11-12,14-15H2,1-4H3,(H,28,31). The summed E-state index contributed by atoms with van der Waals surface area (Å²) in [7, 11) is 0.620. The predicted molar refractivity (Wildman–Crippen MR) is 151 cm³/mol. The lowest BCUT2D eigenvalue weighted by Gasteiger charge is -2.24. The predicted octanol–water partition coefficient (Wildman–Crippen LogP) is 4.44. The Bertz CT molecular complexity index is 1470. The maximum absolute atomic E-state index is 13.8. The number of anilines is 2. The van der Waals surface area contributed by atoms with Gasteiger partial charge >= 0.3 is 5.97 Å². The number of nitrogens with zero attached hydrogens (tertiary/aromatic N) is 2. The molecule has 0 fully saturated rings. The number of benzene rings is 2. The van der Waals surface area contributed by atoms with Gasteiger partial charge in [-0.1, -0.05) is 17.7 Å². The first kappa shape index (κ1) is 28.1. The molecule has 202 valence electrons. The average Bonchev–Trinajstić information content (AvgIpc) is 3.23. The molecule has 9 nitrogen and oxygen atoms in total. The lowest BCUT2D eigenvalue weighted by atomic mass is 10.0. The van der Waals surface area contributed by atoms with Crippen LogP contribution in [-0.4, -0.2) is 59.6 Å². The molecule has 2 aromatic carbocycles. The largest absolute Gasteiger partial charge is 0.496 e. The van der Waals surface area contributed by atoms with Gasteiger partial charge in [-0.25, -0.2) is 13.2 Å². The first-order valence-electron chi connectivity index (χ1n) is 11.7. The zero-order valence-electron chi connectivity index (χ0n) is 21.4. The van der Waals surface area contributed by atoms with Gasteiger partial charge in [-0.3, -0.25) is 9.10 Å². The zero-order chi connectivity index (χ0) is 27.6. The summed E-state index contributed by atoms with van der Waals surface area (Å²) in [4.78, 5) is 29.1. The fourth-order valence-electron chi connectivity index (χ4n) is 4.19. The van der Waals surface area contributed by atoms with Crippen LogP contribution in [0, 0.1) is 6.92 Å². The highest BCUT2D eigenvalue weighted by atomic mass is 79.9. The van der Waals surface area contributed by atoms with E-state index in [1.165, 1.54) is 37.7 Å². The van der Waals surface area contributed by atoms with Gasteiger partial charge in [-0.15, -0.1) is 11.3 Å². The van der Waals surface area contributed by atoms with Crippen LogP contribution in [0.5, 0.6) is 5.75 Å². The summed E-state index contributed by atoms with van der Waals surface area (Å²) >= 11 is 4.65. The minimum Gasteiger partial charge on any atom is -0.496 e. The van der Waals surface area contributed by atoms with Crippen LogP contribution in [0.3, 0.4) is 0 Å². The number of halogens is 1. The second-order valence-corrected chi connectivity index (χ2v) is 12.7. The monoisotopic (exact) mass is 621 g/mol. The Kier molecular flexibility index (Phi) is 8.46. The molecule has 0 atom stereocenters. The molecule has 1 aliphatic rings. The number of fused-ring (bicyclic) bond motifs is 1. The minimum atomic E-state index is -4.15. The molecular weight excluding hydrogens is 594 g/mol. The number of carbonyl (C=O) groups excluding carboxylic acids is 2. The number of sulfonamides is 1. The number of likely N-dealkylation sites (N-methyl/N-ethyl adjacent to an activating group) is 1. The van der Waals surface area contributed by atoms with Crippen molar-refractivity contribution in [3.05, 3.63) is 68.5 Å². The van der Waals surface area contributed by atoms with Crippen molar-refractivity contribution < 1.29 is 27.5 Å². The van der Waals surface area contributed by atoms with Gasteiger partial charge in [0, 0.05) is 18.0 Å². The topological polar surface area (TPSA) is 105 Å². The van der Waals surface area contributed by atoms with E-state index in [0.717, 1.165) is 26.9 Å². The van der Waals surface area contributed by atoms with E-state index < -0.39 is 28.4 Å². The van der Waals surface area contributed by atoms with Gasteiger partial charge in [0.15, 0.2) is 0 Å². The Morgan fingerprint density at radius 3 is 2.50 bits per heavy atom. The third-order valence-corrected chi connectivity index (χ3v) is 9.73. The second kappa shape index (κ2) is 11.4. The number of hydrogen-bond donors (Lipinski definition) is 1. The lowest BCUT2D eigenvalue weighted by molar-refractivity contribution is -0.114. The van der Waals surface area contributed by atoms with Crippen molar-refractivity contribution in [2.45, 2.75) is 24.8 Å². The summed E-state index contributed by atoms with van der Waals surface area (Å²) in [6, 6.07) is 11.3. The summed E-state index contributed by atoms with van der Waals surface area (Å²) in [5.41, 5.74) is 2.47. The first-order valence-corrected chi connectivity index (χ1v) is 14.7.